The highest BCUT2D eigenvalue weighted by Crippen LogP contribution is 2.12. The van der Waals surface area contributed by atoms with E-state index in [0.717, 1.165) is 90.9 Å². The number of nitrogens with two attached hydrogens (primary N) is 2. The van der Waals surface area contributed by atoms with Gasteiger partial charge in [-0.3, -0.25) is 0 Å². The van der Waals surface area contributed by atoms with Gasteiger partial charge in [0, 0.05) is 12.1 Å². The molecule has 0 aliphatic rings. The van der Waals surface area contributed by atoms with Gasteiger partial charge >= 0.3 is 0 Å². The van der Waals surface area contributed by atoms with Crippen molar-refractivity contribution in [2.75, 3.05) is 52.4 Å². The third-order valence-electron chi connectivity index (χ3n) is 6.02. The second-order valence-electron chi connectivity index (χ2n) is 10.6. The molecule has 198 valence electrons. The zero-order chi connectivity index (χ0) is 25.0. The zero-order valence-corrected chi connectivity index (χ0v) is 22.7. The van der Waals surface area contributed by atoms with Gasteiger partial charge in [0.05, 0.1) is 0 Å². The Hall–Kier alpha value is -1.02. The van der Waals surface area contributed by atoms with Gasteiger partial charge in [0.15, 0.2) is 0 Å². The molecular weight excluding hydrogens is 420 g/mol. The van der Waals surface area contributed by atoms with Crippen LogP contribution in [0.1, 0.15) is 64.5 Å². The lowest BCUT2D eigenvalue weighted by molar-refractivity contribution is 0.461. The predicted molar refractivity (Wildman–Crippen MR) is 149 cm³/mol. The van der Waals surface area contributed by atoms with Crippen molar-refractivity contribution in [3.8, 4) is 0 Å². The van der Waals surface area contributed by atoms with Crippen molar-refractivity contribution >= 4 is 0 Å². The molecule has 0 spiro atoms. The molecule has 34 heavy (non-hydrogen) atoms. The summed E-state index contributed by atoms with van der Waals surface area (Å²) in [5.74, 6) is 1.41. The lowest BCUT2D eigenvalue weighted by Crippen LogP contribution is -2.36. The summed E-state index contributed by atoms with van der Waals surface area (Å²) >= 11 is 0. The van der Waals surface area contributed by atoms with E-state index >= 15 is 0 Å². The molecule has 1 rings (SSSR count). The monoisotopic (exact) mass is 476 g/mol. The summed E-state index contributed by atoms with van der Waals surface area (Å²) < 4.78 is 0. The molecule has 1 aromatic rings. The summed E-state index contributed by atoms with van der Waals surface area (Å²) in [5, 5.41) is 14.5. The molecule has 2 atom stereocenters. The molecule has 6 heteroatoms. The molecule has 0 aliphatic heterocycles. The van der Waals surface area contributed by atoms with E-state index in [9.17, 15) is 0 Å². The van der Waals surface area contributed by atoms with Crippen LogP contribution >= 0.6 is 0 Å². The van der Waals surface area contributed by atoms with Crippen LogP contribution in [0.15, 0.2) is 24.3 Å². The van der Waals surface area contributed by atoms with E-state index in [1.807, 2.05) is 0 Å². The SMILES string of the molecule is CC(C)CNCCCNC(CCN)Cc1cccc(CC(CCN)NCCCNCC(C)C)c1. The lowest BCUT2D eigenvalue weighted by atomic mass is 9.97. The fourth-order valence-corrected chi connectivity index (χ4v) is 4.23. The van der Waals surface area contributed by atoms with Crippen LogP contribution in [0.3, 0.4) is 0 Å². The minimum Gasteiger partial charge on any atom is -0.330 e. The van der Waals surface area contributed by atoms with E-state index in [-0.39, 0.29) is 0 Å². The molecule has 1 aromatic carbocycles. The fraction of sp³-hybridized carbons (Fsp3) is 0.786. The molecule has 0 saturated heterocycles. The van der Waals surface area contributed by atoms with Crippen molar-refractivity contribution < 1.29 is 0 Å². The van der Waals surface area contributed by atoms with E-state index in [2.05, 4.69) is 73.2 Å². The Labute approximate surface area is 210 Å². The number of hydrogen-bond acceptors (Lipinski definition) is 6. The van der Waals surface area contributed by atoms with Crippen molar-refractivity contribution in [3.63, 3.8) is 0 Å². The predicted octanol–water partition coefficient (Wildman–Crippen LogP) is 2.66. The Bertz CT molecular complexity index is 545. The van der Waals surface area contributed by atoms with Gasteiger partial charge < -0.3 is 32.7 Å². The Balaban J connectivity index is 2.47. The van der Waals surface area contributed by atoms with Crippen molar-refractivity contribution in [3.05, 3.63) is 35.4 Å². The quantitative estimate of drug-likeness (QED) is 0.144. The first-order valence-electron chi connectivity index (χ1n) is 13.8. The van der Waals surface area contributed by atoms with Crippen molar-refractivity contribution in [2.24, 2.45) is 23.3 Å². The van der Waals surface area contributed by atoms with Gasteiger partial charge in [0.25, 0.3) is 0 Å². The van der Waals surface area contributed by atoms with Gasteiger partial charge in [-0.25, -0.2) is 0 Å². The molecule has 6 nitrogen and oxygen atoms in total. The minimum atomic E-state index is 0.432. The van der Waals surface area contributed by atoms with Crippen molar-refractivity contribution in [2.45, 2.75) is 78.3 Å². The highest BCUT2D eigenvalue weighted by molar-refractivity contribution is 5.25. The zero-order valence-electron chi connectivity index (χ0n) is 22.7. The molecule has 0 saturated carbocycles. The molecule has 0 radical (unpaired) electrons. The van der Waals surface area contributed by atoms with E-state index in [1.54, 1.807) is 0 Å². The Morgan fingerprint density at radius 2 is 1.12 bits per heavy atom. The number of nitrogens with one attached hydrogen (secondary N) is 4. The minimum absolute atomic E-state index is 0.432. The maximum absolute atomic E-state index is 5.91. The summed E-state index contributed by atoms with van der Waals surface area (Å²) in [6.07, 6.45) is 6.36. The summed E-state index contributed by atoms with van der Waals surface area (Å²) in [5.41, 5.74) is 14.6. The van der Waals surface area contributed by atoms with Crippen LogP contribution in [0, 0.1) is 11.8 Å². The van der Waals surface area contributed by atoms with Gasteiger partial charge in [-0.15, -0.1) is 0 Å². The van der Waals surface area contributed by atoms with E-state index in [0.29, 0.717) is 23.9 Å². The number of hydrogen-bond donors (Lipinski definition) is 6. The van der Waals surface area contributed by atoms with Gasteiger partial charge in [0.1, 0.15) is 0 Å². The van der Waals surface area contributed by atoms with Crippen LogP contribution in [-0.4, -0.2) is 64.4 Å². The largest absolute Gasteiger partial charge is 0.330 e. The molecule has 0 aliphatic carbocycles. The van der Waals surface area contributed by atoms with Crippen LogP contribution < -0.4 is 32.7 Å². The summed E-state index contributed by atoms with van der Waals surface area (Å²) in [6, 6.07) is 9.96. The summed E-state index contributed by atoms with van der Waals surface area (Å²) in [7, 11) is 0. The van der Waals surface area contributed by atoms with E-state index < -0.39 is 0 Å². The first-order chi connectivity index (χ1) is 16.4. The average Bonchev–Trinajstić information content (AvgIpc) is 2.78. The molecular formula is C28H56N6. The highest BCUT2D eigenvalue weighted by atomic mass is 14.9. The molecule has 2 unspecified atom stereocenters. The van der Waals surface area contributed by atoms with Gasteiger partial charge in [-0.2, -0.15) is 0 Å². The van der Waals surface area contributed by atoms with Crippen LogP contribution in [0.2, 0.25) is 0 Å². The first kappa shape index (κ1) is 31.0. The first-order valence-corrected chi connectivity index (χ1v) is 13.8. The normalized spacial score (nSPS) is 13.6. The van der Waals surface area contributed by atoms with Crippen LogP contribution in [0.5, 0.6) is 0 Å². The smallest absolute Gasteiger partial charge is 0.0119 e. The van der Waals surface area contributed by atoms with E-state index in [4.69, 9.17) is 11.5 Å². The average molecular weight is 477 g/mol. The van der Waals surface area contributed by atoms with Crippen LogP contribution in [0.4, 0.5) is 0 Å². The summed E-state index contributed by atoms with van der Waals surface area (Å²) in [6.45, 7) is 16.8. The van der Waals surface area contributed by atoms with E-state index in [1.165, 1.54) is 11.1 Å². The van der Waals surface area contributed by atoms with Gasteiger partial charge in [0.2, 0.25) is 0 Å². The molecule has 8 N–H and O–H groups in total. The number of benzene rings is 1. The Morgan fingerprint density at radius 3 is 1.50 bits per heavy atom. The topological polar surface area (TPSA) is 100 Å². The third kappa shape index (κ3) is 16.6. The van der Waals surface area contributed by atoms with Gasteiger partial charge in [-0.05, 0) is 114 Å². The van der Waals surface area contributed by atoms with Crippen LogP contribution in [0.25, 0.3) is 0 Å². The molecule has 0 aromatic heterocycles. The fourth-order valence-electron chi connectivity index (χ4n) is 4.23. The highest BCUT2D eigenvalue weighted by Gasteiger charge is 2.11. The standard InChI is InChI=1S/C28H56N6/c1-23(2)21-31-14-6-16-33-27(10-12-29)19-25-8-5-9-26(18-25)20-28(11-13-30)34-17-7-15-32-22-24(3)4/h5,8-9,18,23-24,27-28,31-34H,6-7,10-17,19-22,29-30H2,1-4H3. The van der Waals surface area contributed by atoms with Crippen molar-refractivity contribution in [1.29, 1.82) is 0 Å². The molecule has 0 heterocycles. The second-order valence-corrected chi connectivity index (χ2v) is 10.6. The lowest BCUT2D eigenvalue weighted by Gasteiger charge is -2.21. The Morgan fingerprint density at radius 1 is 0.676 bits per heavy atom. The third-order valence-corrected chi connectivity index (χ3v) is 6.02. The molecule has 0 bridgehead atoms. The second kappa shape index (κ2) is 20.2. The molecule has 0 fully saturated rings. The maximum Gasteiger partial charge on any atom is 0.0119 e. The van der Waals surface area contributed by atoms with Gasteiger partial charge in [-0.1, -0.05) is 52.0 Å². The maximum atomic E-state index is 5.91. The summed E-state index contributed by atoms with van der Waals surface area (Å²) in [4.78, 5) is 0. The van der Waals surface area contributed by atoms with Crippen molar-refractivity contribution in [1.82, 2.24) is 21.3 Å². The van der Waals surface area contributed by atoms with Crippen LogP contribution in [-0.2, 0) is 12.8 Å². The molecule has 0 amide bonds. The Kier molecular flexibility index (Phi) is 18.4. The number of rotatable bonds is 22.